The van der Waals surface area contributed by atoms with Crippen LogP contribution in [0.1, 0.15) is 25.0 Å². The Morgan fingerprint density at radius 3 is 2.33 bits per heavy atom. The van der Waals surface area contributed by atoms with Crippen LogP contribution in [0.15, 0.2) is 48.8 Å². The molecule has 186 valence electrons. The molecule has 0 radical (unpaired) electrons. The number of aromatic nitrogens is 2. The highest BCUT2D eigenvalue weighted by Gasteiger charge is 2.36. The van der Waals surface area contributed by atoms with Gasteiger partial charge in [0, 0.05) is 47.5 Å². The molecule has 2 N–H and O–H groups in total. The number of amides is 2. The largest absolute Gasteiger partial charge is 0.493 e. The van der Waals surface area contributed by atoms with Crippen LogP contribution in [0.5, 0.6) is 11.5 Å². The summed E-state index contributed by atoms with van der Waals surface area (Å²) in [6.45, 7) is 7.76. The minimum Gasteiger partial charge on any atom is -0.493 e. The Morgan fingerprint density at radius 2 is 1.64 bits per heavy atom. The van der Waals surface area contributed by atoms with Gasteiger partial charge in [-0.2, -0.15) is 0 Å². The first-order chi connectivity index (χ1) is 17.5. The number of nitrogens with zero attached hydrogens (tertiary/aromatic N) is 2. The molecular weight excluding hydrogens is 456 g/mol. The minimum atomic E-state index is -0.423. The normalized spacial score (nSPS) is 13.9. The summed E-state index contributed by atoms with van der Waals surface area (Å²) in [5.74, 6) is 0.259. The molecule has 0 unspecified atom stereocenters. The van der Waals surface area contributed by atoms with Gasteiger partial charge in [-0.25, -0.2) is 0 Å². The maximum atomic E-state index is 13.3. The second kappa shape index (κ2) is 9.54. The zero-order valence-corrected chi connectivity index (χ0v) is 21.0. The summed E-state index contributed by atoms with van der Waals surface area (Å²) in [5.41, 5.74) is 3.83. The molecule has 1 aliphatic rings. The lowest BCUT2D eigenvalue weighted by atomic mass is 9.95. The van der Waals surface area contributed by atoms with E-state index < -0.39 is 11.8 Å². The van der Waals surface area contributed by atoms with Crippen molar-refractivity contribution < 1.29 is 19.1 Å². The van der Waals surface area contributed by atoms with Gasteiger partial charge in [0.25, 0.3) is 11.8 Å². The number of methoxy groups -OCH3 is 2. The molecule has 0 aliphatic carbocycles. The van der Waals surface area contributed by atoms with E-state index in [0.717, 1.165) is 48.0 Å². The van der Waals surface area contributed by atoms with Crippen LogP contribution >= 0.6 is 0 Å². The van der Waals surface area contributed by atoms with E-state index in [4.69, 9.17) is 9.47 Å². The molecule has 2 aromatic carbocycles. The maximum absolute atomic E-state index is 13.3. The molecule has 0 atom stereocenters. The van der Waals surface area contributed by atoms with Crippen LogP contribution in [0.2, 0.25) is 0 Å². The zero-order valence-electron chi connectivity index (χ0n) is 21.0. The molecule has 3 heterocycles. The Hall–Kier alpha value is -4.04. The van der Waals surface area contributed by atoms with E-state index in [-0.39, 0.29) is 0 Å². The van der Waals surface area contributed by atoms with Crippen LogP contribution in [0.25, 0.3) is 33.0 Å². The van der Waals surface area contributed by atoms with Crippen molar-refractivity contribution in [2.75, 3.05) is 33.9 Å². The number of likely N-dealkylation sites (N-methyl/N-ethyl adjacent to an activating group) is 1. The summed E-state index contributed by atoms with van der Waals surface area (Å²) in [4.78, 5) is 32.0. The predicted octanol–water partition coefficient (Wildman–Crippen LogP) is 4.05. The summed E-state index contributed by atoms with van der Waals surface area (Å²) in [5, 5.41) is 4.14. The number of carbonyl (C=O) groups is 2. The Kier molecular flexibility index (Phi) is 6.28. The van der Waals surface area contributed by atoms with Crippen LogP contribution in [0.3, 0.4) is 0 Å². The molecule has 0 saturated carbocycles. The van der Waals surface area contributed by atoms with Gasteiger partial charge in [-0.1, -0.05) is 32.0 Å². The SMILES string of the molecule is CCN(CC)CCn1cc(C2=C(c3c[nH]c4ccccc34)C(=O)NC2=O)c2c(OC)c(OC)ccc21. The van der Waals surface area contributed by atoms with Crippen LogP contribution in [-0.2, 0) is 16.1 Å². The lowest BCUT2D eigenvalue weighted by molar-refractivity contribution is -0.122. The van der Waals surface area contributed by atoms with Crippen molar-refractivity contribution in [1.82, 2.24) is 19.8 Å². The Bertz CT molecular complexity index is 1510. The van der Waals surface area contributed by atoms with Crippen molar-refractivity contribution in [2.45, 2.75) is 20.4 Å². The molecular formula is C28H30N4O4. The van der Waals surface area contributed by atoms with Gasteiger partial charge in [0.2, 0.25) is 0 Å². The quantitative estimate of drug-likeness (QED) is 0.349. The fourth-order valence-electron chi connectivity index (χ4n) is 5.12. The summed E-state index contributed by atoms with van der Waals surface area (Å²) >= 11 is 0. The van der Waals surface area contributed by atoms with E-state index in [1.165, 1.54) is 0 Å². The number of benzene rings is 2. The predicted molar refractivity (Wildman–Crippen MR) is 141 cm³/mol. The molecule has 1 aliphatic heterocycles. The van der Waals surface area contributed by atoms with Crippen LogP contribution in [0, 0.1) is 0 Å². The van der Waals surface area contributed by atoms with Crippen LogP contribution in [0.4, 0.5) is 0 Å². The number of hydrogen-bond donors (Lipinski definition) is 2. The average Bonchev–Trinajstić information content (AvgIpc) is 3.56. The fourth-order valence-corrected chi connectivity index (χ4v) is 5.12. The molecule has 0 spiro atoms. The van der Waals surface area contributed by atoms with Gasteiger partial charge in [0.1, 0.15) is 0 Å². The molecule has 0 bridgehead atoms. The van der Waals surface area contributed by atoms with Crippen molar-refractivity contribution in [2.24, 2.45) is 0 Å². The van der Waals surface area contributed by atoms with E-state index in [9.17, 15) is 9.59 Å². The van der Waals surface area contributed by atoms with E-state index in [1.54, 1.807) is 20.4 Å². The molecule has 36 heavy (non-hydrogen) atoms. The van der Waals surface area contributed by atoms with Gasteiger partial charge in [-0.15, -0.1) is 0 Å². The first kappa shape index (κ1) is 23.7. The number of nitrogens with one attached hydrogen (secondary N) is 2. The number of aromatic amines is 1. The van der Waals surface area contributed by atoms with Crippen molar-refractivity contribution in [1.29, 1.82) is 0 Å². The molecule has 8 heteroatoms. The molecule has 5 rings (SSSR count). The van der Waals surface area contributed by atoms with Crippen molar-refractivity contribution in [3.63, 3.8) is 0 Å². The third kappa shape index (κ3) is 3.74. The van der Waals surface area contributed by atoms with E-state index in [2.05, 4.69) is 33.6 Å². The Balaban J connectivity index is 1.79. The van der Waals surface area contributed by atoms with E-state index in [0.29, 0.717) is 33.8 Å². The number of hydrogen-bond acceptors (Lipinski definition) is 5. The van der Waals surface area contributed by atoms with Gasteiger partial charge in [0.15, 0.2) is 11.5 Å². The molecule has 2 amide bonds. The monoisotopic (exact) mass is 486 g/mol. The highest BCUT2D eigenvalue weighted by atomic mass is 16.5. The second-order valence-electron chi connectivity index (χ2n) is 8.74. The molecule has 0 fully saturated rings. The van der Waals surface area contributed by atoms with E-state index in [1.807, 2.05) is 42.6 Å². The fraction of sp³-hybridized carbons (Fsp3) is 0.286. The summed E-state index contributed by atoms with van der Waals surface area (Å²) in [6.07, 6.45) is 3.74. The number of rotatable bonds is 9. The molecule has 4 aromatic rings. The highest BCUT2D eigenvalue weighted by molar-refractivity contribution is 6.51. The van der Waals surface area contributed by atoms with Gasteiger partial charge in [-0.3, -0.25) is 14.9 Å². The Labute approximate surface area is 209 Å². The zero-order chi connectivity index (χ0) is 25.4. The number of carbonyl (C=O) groups excluding carboxylic acids is 2. The lowest BCUT2D eigenvalue weighted by Crippen LogP contribution is -2.26. The number of fused-ring (bicyclic) bond motifs is 2. The first-order valence-corrected chi connectivity index (χ1v) is 12.1. The average molecular weight is 487 g/mol. The van der Waals surface area contributed by atoms with Gasteiger partial charge in [-0.05, 0) is 31.3 Å². The molecule has 2 aromatic heterocycles. The van der Waals surface area contributed by atoms with Crippen molar-refractivity contribution >= 4 is 44.8 Å². The van der Waals surface area contributed by atoms with Gasteiger partial charge in [0.05, 0.1) is 36.3 Å². The number of para-hydroxylation sites is 1. The molecule has 8 nitrogen and oxygen atoms in total. The van der Waals surface area contributed by atoms with E-state index >= 15 is 0 Å². The smallest absolute Gasteiger partial charge is 0.259 e. The number of imide groups is 1. The molecule has 0 saturated heterocycles. The number of ether oxygens (including phenoxy) is 2. The highest BCUT2D eigenvalue weighted by Crippen LogP contribution is 2.44. The third-order valence-corrected chi connectivity index (χ3v) is 7.00. The topological polar surface area (TPSA) is 88.6 Å². The van der Waals surface area contributed by atoms with Crippen molar-refractivity contribution in [3.05, 3.63) is 59.9 Å². The van der Waals surface area contributed by atoms with Gasteiger partial charge < -0.3 is 23.9 Å². The van der Waals surface area contributed by atoms with Crippen LogP contribution in [-0.4, -0.2) is 60.1 Å². The second-order valence-corrected chi connectivity index (χ2v) is 8.74. The van der Waals surface area contributed by atoms with Crippen molar-refractivity contribution in [3.8, 4) is 11.5 Å². The summed E-state index contributed by atoms with van der Waals surface area (Å²) < 4.78 is 13.5. The first-order valence-electron chi connectivity index (χ1n) is 12.1. The standard InChI is InChI=1S/C28H30N4O4/c1-5-31(6-2)13-14-32-16-19(23-21(32)11-12-22(35-3)26(23)36-4)25-24(27(33)30-28(25)34)18-15-29-20-10-8-7-9-17(18)20/h7-12,15-16,29H,5-6,13-14H2,1-4H3,(H,30,33,34). The minimum absolute atomic E-state index is 0.336. The Morgan fingerprint density at radius 1 is 0.917 bits per heavy atom. The lowest BCUT2D eigenvalue weighted by Gasteiger charge is -2.18. The number of H-pyrrole nitrogens is 1. The van der Waals surface area contributed by atoms with Crippen LogP contribution < -0.4 is 14.8 Å². The third-order valence-electron chi connectivity index (χ3n) is 7.00. The summed E-state index contributed by atoms with van der Waals surface area (Å²) in [6, 6.07) is 11.6. The maximum Gasteiger partial charge on any atom is 0.259 e. The summed E-state index contributed by atoms with van der Waals surface area (Å²) in [7, 11) is 3.17. The van der Waals surface area contributed by atoms with Gasteiger partial charge >= 0.3 is 0 Å².